The van der Waals surface area contributed by atoms with Crippen LogP contribution in [0.1, 0.15) is 32.6 Å². The average Bonchev–Trinajstić information content (AvgIpc) is 2.67. The Morgan fingerprint density at radius 2 is 2.43 bits per heavy atom. The van der Waals surface area contributed by atoms with Crippen LogP contribution in [-0.4, -0.2) is 23.1 Å². The number of hydrogen-bond acceptors (Lipinski definition) is 3. The summed E-state index contributed by atoms with van der Waals surface area (Å²) in [6, 6.07) is 0.0929. The summed E-state index contributed by atoms with van der Waals surface area (Å²) in [6.45, 7) is 3.12. The van der Waals surface area contributed by atoms with Crippen LogP contribution in [0, 0.1) is 0 Å². The van der Waals surface area contributed by atoms with E-state index in [1.807, 2.05) is 11.8 Å². The first-order valence-electron chi connectivity index (χ1n) is 5.45. The molecule has 0 saturated carbocycles. The number of allylic oxidation sites excluding steroid dienone is 1. The normalized spacial score (nSPS) is 34.9. The highest BCUT2D eigenvalue weighted by molar-refractivity contribution is 8.00. The van der Waals surface area contributed by atoms with E-state index in [1.54, 1.807) is 0 Å². The molecule has 0 amide bonds. The van der Waals surface area contributed by atoms with Gasteiger partial charge in [0, 0.05) is 4.75 Å². The van der Waals surface area contributed by atoms with Crippen molar-refractivity contribution >= 4 is 11.8 Å². The topological polar surface area (TPSA) is 35.2 Å². The van der Waals surface area contributed by atoms with Gasteiger partial charge in [-0.05, 0) is 44.4 Å². The van der Waals surface area contributed by atoms with Crippen molar-refractivity contribution in [1.29, 1.82) is 0 Å². The Morgan fingerprint density at radius 3 is 3.00 bits per heavy atom. The number of ether oxygens (including phenoxy) is 1. The molecule has 1 fully saturated rings. The van der Waals surface area contributed by atoms with Gasteiger partial charge in [-0.25, -0.2) is 0 Å². The molecule has 0 aliphatic carbocycles. The zero-order valence-corrected chi connectivity index (χ0v) is 9.61. The van der Waals surface area contributed by atoms with Crippen LogP contribution in [0.15, 0.2) is 11.8 Å². The molecule has 2 atom stereocenters. The van der Waals surface area contributed by atoms with Crippen LogP contribution < -0.4 is 5.73 Å². The van der Waals surface area contributed by atoms with E-state index >= 15 is 0 Å². The molecule has 0 aromatic heterocycles. The van der Waals surface area contributed by atoms with E-state index in [4.69, 9.17) is 10.5 Å². The Bertz CT molecular complexity index is 233. The standard InChI is InChI=1S/C11H19NOS/c1-11(6-4-8-14-11)10(12)9-5-2-3-7-13-9/h5,10H,2-4,6-8,12H2,1H3. The van der Waals surface area contributed by atoms with E-state index in [2.05, 4.69) is 13.0 Å². The van der Waals surface area contributed by atoms with Gasteiger partial charge in [0.05, 0.1) is 12.6 Å². The number of rotatable bonds is 2. The summed E-state index contributed by atoms with van der Waals surface area (Å²) in [6.07, 6.45) is 6.96. The maximum atomic E-state index is 6.27. The third-order valence-corrected chi connectivity index (χ3v) is 4.79. The molecular formula is C11H19NOS. The van der Waals surface area contributed by atoms with Crippen molar-refractivity contribution in [2.24, 2.45) is 5.73 Å². The Kier molecular flexibility index (Phi) is 3.07. The molecule has 2 aliphatic rings. The summed E-state index contributed by atoms with van der Waals surface area (Å²) in [5, 5.41) is 0. The fraction of sp³-hybridized carbons (Fsp3) is 0.818. The van der Waals surface area contributed by atoms with Gasteiger partial charge in [-0.3, -0.25) is 0 Å². The van der Waals surface area contributed by atoms with Gasteiger partial charge in [0.25, 0.3) is 0 Å². The Balaban J connectivity index is 2.05. The predicted molar refractivity (Wildman–Crippen MR) is 61.3 cm³/mol. The zero-order valence-electron chi connectivity index (χ0n) is 8.79. The van der Waals surface area contributed by atoms with Crippen molar-refractivity contribution in [1.82, 2.24) is 0 Å². The lowest BCUT2D eigenvalue weighted by Gasteiger charge is -2.33. The second-order valence-corrected chi connectivity index (χ2v) is 5.97. The van der Waals surface area contributed by atoms with E-state index < -0.39 is 0 Å². The van der Waals surface area contributed by atoms with Crippen LogP contribution in [0.3, 0.4) is 0 Å². The summed E-state index contributed by atoms with van der Waals surface area (Å²) in [5.41, 5.74) is 6.27. The first kappa shape index (κ1) is 10.4. The van der Waals surface area contributed by atoms with Crippen LogP contribution in [0.5, 0.6) is 0 Å². The maximum absolute atomic E-state index is 6.27. The van der Waals surface area contributed by atoms with E-state index in [-0.39, 0.29) is 10.8 Å². The van der Waals surface area contributed by atoms with Crippen LogP contribution in [0.25, 0.3) is 0 Å². The van der Waals surface area contributed by atoms with E-state index in [0.717, 1.165) is 25.2 Å². The van der Waals surface area contributed by atoms with Gasteiger partial charge < -0.3 is 10.5 Å². The molecule has 0 aromatic carbocycles. The lowest BCUT2D eigenvalue weighted by molar-refractivity contribution is 0.167. The molecule has 2 N–H and O–H groups in total. The highest BCUT2D eigenvalue weighted by atomic mass is 32.2. The van der Waals surface area contributed by atoms with Crippen molar-refractivity contribution in [3.05, 3.63) is 11.8 Å². The summed E-state index contributed by atoms with van der Waals surface area (Å²) in [5.74, 6) is 2.28. The summed E-state index contributed by atoms with van der Waals surface area (Å²) in [4.78, 5) is 0. The lowest BCUT2D eigenvalue weighted by Crippen LogP contribution is -2.43. The highest BCUT2D eigenvalue weighted by Crippen LogP contribution is 2.42. The van der Waals surface area contributed by atoms with Gasteiger partial charge in [0.2, 0.25) is 0 Å². The molecule has 0 spiro atoms. The molecule has 2 rings (SSSR count). The van der Waals surface area contributed by atoms with Gasteiger partial charge in [-0.2, -0.15) is 11.8 Å². The molecule has 3 heteroatoms. The number of nitrogens with two attached hydrogens (primary N) is 1. The summed E-state index contributed by atoms with van der Waals surface area (Å²) < 4.78 is 5.85. The van der Waals surface area contributed by atoms with E-state index in [0.29, 0.717) is 0 Å². The van der Waals surface area contributed by atoms with Crippen molar-refractivity contribution in [2.45, 2.75) is 43.4 Å². The molecule has 0 radical (unpaired) electrons. The third kappa shape index (κ3) is 1.94. The summed E-state index contributed by atoms with van der Waals surface area (Å²) >= 11 is 2.00. The first-order chi connectivity index (χ1) is 6.72. The fourth-order valence-corrected chi connectivity index (χ4v) is 3.48. The smallest absolute Gasteiger partial charge is 0.110 e. The molecular weight excluding hydrogens is 194 g/mol. The van der Waals surface area contributed by atoms with Crippen molar-refractivity contribution < 1.29 is 4.74 Å². The lowest BCUT2D eigenvalue weighted by atomic mass is 9.94. The van der Waals surface area contributed by atoms with E-state index in [9.17, 15) is 0 Å². The minimum atomic E-state index is 0.0929. The predicted octanol–water partition coefficient (Wildman–Crippen LogP) is 2.29. The fourth-order valence-electron chi connectivity index (χ4n) is 2.14. The minimum Gasteiger partial charge on any atom is -0.497 e. The van der Waals surface area contributed by atoms with Gasteiger partial charge in [0.15, 0.2) is 0 Å². The molecule has 2 unspecified atom stereocenters. The quantitative estimate of drug-likeness (QED) is 0.764. The van der Waals surface area contributed by atoms with E-state index in [1.165, 1.54) is 18.6 Å². The third-order valence-electron chi connectivity index (χ3n) is 3.18. The first-order valence-corrected chi connectivity index (χ1v) is 6.43. The maximum Gasteiger partial charge on any atom is 0.110 e. The second-order valence-electron chi connectivity index (χ2n) is 4.34. The number of hydrogen-bond donors (Lipinski definition) is 1. The molecule has 2 nitrogen and oxygen atoms in total. The van der Waals surface area contributed by atoms with Gasteiger partial charge in [-0.1, -0.05) is 0 Å². The molecule has 0 bridgehead atoms. The molecule has 2 heterocycles. The molecule has 0 aromatic rings. The van der Waals surface area contributed by atoms with Gasteiger partial charge >= 0.3 is 0 Å². The van der Waals surface area contributed by atoms with Gasteiger partial charge in [-0.15, -0.1) is 0 Å². The van der Waals surface area contributed by atoms with Crippen LogP contribution in [-0.2, 0) is 4.74 Å². The highest BCUT2D eigenvalue weighted by Gasteiger charge is 2.38. The monoisotopic (exact) mass is 213 g/mol. The largest absolute Gasteiger partial charge is 0.497 e. The molecule has 14 heavy (non-hydrogen) atoms. The number of thioether (sulfide) groups is 1. The Labute approximate surface area is 90.3 Å². The van der Waals surface area contributed by atoms with Crippen molar-refractivity contribution in [3.63, 3.8) is 0 Å². The molecule has 1 saturated heterocycles. The summed E-state index contributed by atoms with van der Waals surface area (Å²) in [7, 11) is 0. The zero-order chi connectivity index (χ0) is 10.0. The molecule has 2 aliphatic heterocycles. The van der Waals surface area contributed by atoms with Crippen LogP contribution >= 0.6 is 11.8 Å². The minimum absolute atomic E-state index is 0.0929. The Hall–Kier alpha value is -0.150. The SMILES string of the molecule is CC1(C(N)C2=CCCCO2)CCCS1. The van der Waals surface area contributed by atoms with Crippen LogP contribution in [0.2, 0.25) is 0 Å². The van der Waals surface area contributed by atoms with Crippen LogP contribution in [0.4, 0.5) is 0 Å². The van der Waals surface area contributed by atoms with Crippen molar-refractivity contribution in [3.8, 4) is 0 Å². The van der Waals surface area contributed by atoms with Gasteiger partial charge in [0.1, 0.15) is 5.76 Å². The Morgan fingerprint density at radius 1 is 1.57 bits per heavy atom. The average molecular weight is 213 g/mol. The van der Waals surface area contributed by atoms with Crippen molar-refractivity contribution in [2.75, 3.05) is 12.4 Å². The second kappa shape index (κ2) is 4.15. The molecule has 80 valence electrons.